The number of carbonyl (C=O) groups excluding carboxylic acids is 2. The maximum atomic E-state index is 12.0. The Bertz CT molecular complexity index is 425. The van der Waals surface area contributed by atoms with Gasteiger partial charge in [-0.25, -0.2) is 0 Å². The van der Waals surface area contributed by atoms with E-state index in [1.54, 1.807) is 19.0 Å². The molecule has 1 aromatic heterocycles. The molecule has 6 heteroatoms. The summed E-state index contributed by atoms with van der Waals surface area (Å²) < 4.78 is 1.32. The molecule has 2 N–H and O–H groups in total. The van der Waals surface area contributed by atoms with Crippen molar-refractivity contribution in [3.05, 3.63) is 17.5 Å². The molecule has 6 nitrogen and oxygen atoms in total. The number of amides is 2. The molecule has 0 unspecified atom stereocenters. The van der Waals surface area contributed by atoms with E-state index in [4.69, 9.17) is 5.73 Å². The highest BCUT2D eigenvalue weighted by Crippen LogP contribution is 2.05. The van der Waals surface area contributed by atoms with Crippen LogP contribution in [0.1, 0.15) is 40.7 Å². The van der Waals surface area contributed by atoms with E-state index in [1.165, 1.54) is 4.68 Å². The Labute approximate surface area is 100 Å². The predicted molar refractivity (Wildman–Crippen MR) is 62.4 cm³/mol. The number of aromatic nitrogens is 2. The quantitative estimate of drug-likeness (QED) is 0.793. The maximum Gasteiger partial charge on any atom is 0.272 e. The Balaban J connectivity index is 2.85. The third-order valence-corrected chi connectivity index (χ3v) is 2.44. The van der Waals surface area contributed by atoms with Gasteiger partial charge in [-0.1, -0.05) is 13.3 Å². The van der Waals surface area contributed by atoms with Gasteiger partial charge in [-0.15, -0.1) is 0 Å². The van der Waals surface area contributed by atoms with Crippen LogP contribution in [0.5, 0.6) is 0 Å². The number of nitrogens with two attached hydrogens (primary N) is 1. The third-order valence-electron chi connectivity index (χ3n) is 2.44. The molecule has 1 radical (unpaired) electrons. The van der Waals surface area contributed by atoms with Crippen LogP contribution in [0.3, 0.4) is 0 Å². The number of carbonyl (C=O) groups is 2. The summed E-state index contributed by atoms with van der Waals surface area (Å²) in [6.45, 7) is 2.72. The lowest BCUT2D eigenvalue weighted by molar-refractivity contribution is 0.0782. The molecule has 1 heterocycles. The molecule has 0 aliphatic carbocycles. The Morgan fingerprint density at radius 3 is 2.65 bits per heavy atom. The fourth-order valence-corrected chi connectivity index (χ4v) is 1.40. The summed E-state index contributed by atoms with van der Waals surface area (Å²) in [7, 11) is 3.30. The molecular weight excluding hydrogens is 220 g/mol. The van der Waals surface area contributed by atoms with Crippen LogP contribution in [-0.2, 0) is 7.05 Å². The summed E-state index contributed by atoms with van der Waals surface area (Å²) in [5, 5.41) is 3.83. The molecule has 0 aliphatic rings. The van der Waals surface area contributed by atoms with Gasteiger partial charge in [0.25, 0.3) is 11.8 Å². The molecule has 0 atom stereocenters. The van der Waals surface area contributed by atoms with E-state index in [1.807, 2.05) is 0 Å². The molecule has 0 saturated heterocycles. The number of nitrogens with zero attached hydrogens (tertiary/aromatic N) is 3. The van der Waals surface area contributed by atoms with Gasteiger partial charge in [0, 0.05) is 20.6 Å². The van der Waals surface area contributed by atoms with E-state index in [0.717, 1.165) is 12.8 Å². The molecule has 1 rings (SSSR count). The van der Waals surface area contributed by atoms with Gasteiger partial charge in [0.15, 0.2) is 5.69 Å². The zero-order chi connectivity index (χ0) is 13.0. The summed E-state index contributed by atoms with van der Waals surface area (Å²) in [4.78, 5) is 24.5. The van der Waals surface area contributed by atoms with Crippen LogP contribution in [0.25, 0.3) is 0 Å². The van der Waals surface area contributed by atoms with Crippen LogP contribution in [0.4, 0.5) is 0 Å². The minimum atomic E-state index is -0.684. The number of primary amides is 1. The lowest BCUT2D eigenvalue weighted by Crippen LogP contribution is -2.29. The predicted octanol–water partition coefficient (Wildman–Crippen LogP) is 0.191. The largest absolute Gasteiger partial charge is 0.364 e. The molecule has 0 aromatic carbocycles. The molecule has 0 bridgehead atoms. The van der Waals surface area contributed by atoms with Crippen LogP contribution in [-0.4, -0.2) is 40.1 Å². The summed E-state index contributed by atoms with van der Waals surface area (Å²) >= 11 is 0. The average molecular weight is 237 g/mol. The highest BCUT2D eigenvalue weighted by atomic mass is 16.2. The van der Waals surface area contributed by atoms with Crippen molar-refractivity contribution in [1.82, 2.24) is 14.7 Å². The normalized spacial score (nSPS) is 10.3. The van der Waals surface area contributed by atoms with Gasteiger partial charge in [-0.05, 0) is 6.42 Å². The smallest absolute Gasteiger partial charge is 0.272 e. The molecule has 93 valence electrons. The van der Waals surface area contributed by atoms with Crippen molar-refractivity contribution in [1.29, 1.82) is 0 Å². The summed E-state index contributed by atoms with van der Waals surface area (Å²) in [6.07, 6.45) is 1.95. The second kappa shape index (κ2) is 5.47. The lowest BCUT2D eigenvalue weighted by Gasteiger charge is -2.16. The van der Waals surface area contributed by atoms with E-state index in [9.17, 15) is 9.59 Å². The van der Waals surface area contributed by atoms with Crippen LogP contribution < -0.4 is 5.73 Å². The monoisotopic (exact) mass is 237 g/mol. The first-order valence-corrected chi connectivity index (χ1v) is 5.49. The standard InChI is InChI=1S/C11H17N4O2/c1-4-5-6-14(2)11(17)9-7-8(10(12)16)13-15(9)3/h4-6H2,1-3H3,(H2,12,16). The van der Waals surface area contributed by atoms with Crippen molar-refractivity contribution < 1.29 is 9.59 Å². The first-order valence-electron chi connectivity index (χ1n) is 5.49. The average Bonchev–Trinajstić information content (AvgIpc) is 2.67. The van der Waals surface area contributed by atoms with Gasteiger partial charge in [-0.2, -0.15) is 5.10 Å². The van der Waals surface area contributed by atoms with Gasteiger partial charge < -0.3 is 10.6 Å². The summed E-state index contributed by atoms with van der Waals surface area (Å²) in [5.74, 6) is -0.892. The van der Waals surface area contributed by atoms with Crippen molar-refractivity contribution in [2.45, 2.75) is 19.8 Å². The lowest BCUT2D eigenvalue weighted by atomic mass is 10.3. The SMILES string of the molecule is CCCCN(C)C(=O)c1[c]c(C(N)=O)nn1C. The molecular formula is C11H17N4O2. The molecule has 0 aliphatic heterocycles. The topological polar surface area (TPSA) is 81.2 Å². The van der Waals surface area contributed by atoms with Gasteiger partial charge in [0.1, 0.15) is 5.69 Å². The number of hydrogen-bond acceptors (Lipinski definition) is 3. The van der Waals surface area contributed by atoms with E-state index < -0.39 is 5.91 Å². The second-order valence-corrected chi connectivity index (χ2v) is 3.89. The zero-order valence-corrected chi connectivity index (χ0v) is 10.4. The fourth-order valence-electron chi connectivity index (χ4n) is 1.40. The minimum absolute atomic E-state index is 0.0141. The highest BCUT2D eigenvalue weighted by Gasteiger charge is 2.19. The van der Waals surface area contributed by atoms with E-state index in [0.29, 0.717) is 6.54 Å². The number of rotatable bonds is 5. The Morgan fingerprint density at radius 1 is 1.53 bits per heavy atom. The maximum absolute atomic E-state index is 12.0. The Hall–Kier alpha value is -1.85. The number of hydrogen-bond donors (Lipinski definition) is 1. The second-order valence-electron chi connectivity index (χ2n) is 3.89. The number of unbranched alkanes of at least 4 members (excludes halogenated alkanes) is 1. The van der Waals surface area contributed by atoms with E-state index >= 15 is 0 Å². The van der Waals surface area contributed by atoms with Crippen LogP contribution >= 0.6 is 0 Å². The van der Waals surface area contributed by atoms with Crippen LogP contribution in [0.15, 0.2) is 0 Å². The molecule has 0 fully saturated rings. The molecule has 0 saturated carbocycles. The van der Waals surface area contributed by atoms with E-state index in [-0.39, 0.29) is 17.3 Å². The molecule has 17 heavy (non-hydrogen) atoms. The fraction of sp³-hybridized carbons (Fsp3) is 0.545. The van der Waals surface area contributed by atoms with E-state index in [2.05, 4.69) is 18.1 Å². The highest BCUT2D eigenvalue weighted by molar-refractivity contribution is 5.96. The van der Waals surface area contributed by atoms with Gasteiger partial charge in [0.2, 0.25) is 0 Å². The Morgan fingerprint density at radius 2 is 2.18 bits per heavy atom. The van der Waals surface area contributed by atoms with Crippen molar-refractivity contribution in [2.24, 2.45) is 12.8 Å². The van der Waals surface area contributed by atoms with Crippen molar-refractivity contribution in [2.75, 3.05) is 13.6 Å². The van der Waals surface area contributed by atoms with Crippen LogP contribution in [0, 0.1) is 6.07 Å². The van der Waals surface area contributed by atoms with Gasteiger partial charge in [-0.3, -0.25) is 14.3 Å². The molecule has 1 aromatic rings. The van der Waals surface area contributed by atoms with Gasteiger partial charge >= 0.3 is 0 Å². The Kier molecular flexibility index (Phi) is 4.25. The zero-order valence-electron chi connectivity index (χ0n) is 10.4. The van der Waals surface area contributed by atoms with Crippen molar-refractivity contribution in [3.8, 4) is 0 Å². The van der Waals surface area contributed by atoms with Gasteiger partial charge in [0.05, 0.1) is 6.07 Å². The number of aryl methyl sites for hydroxylation is 1. The summed E-state index contributed by atoms with van der Waals surface area (Å²) in [5.41, 5.74) is 5.31. The first kappa shape index (κ1) is 13.2. The van der Waals surface area contributed by atoms with Crippen LogP contribution in [0.2, 0.25) is 0 Å². The third kappa shape index (κ3) is 3.05. The van der Waals surface area contributed by atoms with Crippen molar-refractivity contribution in [3.63, 3.8) is 0 Å². The molecule has 0 spiro atoms. The first-order chi connectivity index (χ1) is 7.97. The summed E-state index contributed by atoms with van der Waals surface area (Å²) in [6, 6.07) is 2.62. The van der Waals surface area contributed by atoms with Crippen molar-refractivity contribution >= 4 is 11.8 Å². The molecule has 2 amide bonds. The minimum Gasteiger partial charge on any atom is -0.364 e.